The van der Waals surface area contributed by atoms with Gasteiger partial charge in [-0.2, -0.15) is 0 Å². The SMILES string of the molecule is CCCCCCC/C=C\C/C=C\CCCCCCCCCCCCCC(=O)OC(COC(=O)CCCCCCC)COC1OC(CO)C(O)C(O)C1O. The van der Waals surface area contributed by atoms with E-state index in [1.807, 2.05) is 0 Å². The maximum atomic E-state index is 12.7. The first-order chi connectivity index (χ1) is 25.8. The van der Waals surface area contributed by atoms with Gasteiger partial charge in [0.25, 0.3) is 0 Å². The summed E-state index contributed by atoms with van der Waals surface area (Å²) in [5, 5.41) is 39.8. The van der Waals surface area contributed by atoms with Crippen LogP contribution in [0.1, 0.15) is 181 Å². The van der Waals surface area contributed by atoms with Crippen LogP contribution in [0.15, 0.2) is 24.3 Å². The van der Waals surface area contributed by atoms with Gasteiger partial charge in [0.1, 0.15) is 31.0 Å². The molecule has 1 saturated heterocycles. The fourth-order valence-corrected chi connectivity index (χ4v) is 6.39. The highest BCUT2D eigenvalue weighted by Gasteiger charge is 2.44. The number of aliphatic hydroxyl groups is 4. The molecule has 0 aliphatic carbocycles. The van der Waals surface area contributed by atoms with E-state index in [-0.39, 0.29) is 32.0 Å². The third-order valence-corrected chi connectivity index (χ3v) is 9.84. The van der Waals surface area contributed by atoms with Gasteiger partial charge in [0.05, 0.1) is 13.2 Å². The number of carbonyl (C=O) groups excluding carboxylic acids is 2. The Morgan fingerprint density at radius 3 is 1.57 bits per heavy atom. The molecule has 6 atom stereocenters. The topological polar surface area (TPSA) is 152 Å². The summed E-state index contributed by atoms with van der Waals surface area (Å²) in [5.74, 6) is -0.820. The molecule has 53 heavy (non-hydrogen) atoms. The van der Waals surface area contributed by atoms with E-state index in [0.29, 0.717) is 6.42 Å². The van der Waals surface area contributed by atoms with Crippen LogP contribution in [-0.4, -0.2) is 89.0 Å². The lowest BCUT2D eigenvalue weighted by molar-refractivity contribution is -0.305. The van der Waals surface area contributed by atoms with E-state index in [4.69, 9.17) is 18.9 Å². The average molecular weight is 755 g/mol. The first kappa shape index (κ1) is 49.2. The second-order valence-corrected chi connectivity index (χ2v) is 14.8. The van der Waals surface area contributed by atoms with E-state index in [9.17, 15) is 30.0 Å². The Hall–Kier alpha value is -1.82. The highest BCUT2D eigenvalue weighted by Crippen LogP contribution is 2.22. The molecule has 0 aromatic heterocycles. The van der Waals surface area contributed by atoms with Crippen molar-refractivity contribution in [3.63, 3.8) is 0 Å². The van der Waals surface area contributed by atoms with Gasteiger partial charge in [-0.05, 0) is 44.9 Å². The lowest BCUT2D eigenvalue weighted by Crippen LogP contribution is -2.59. The number of rotatable bonds is 35. The van der Waals surface area contributed by atoms with Gasteiger partial charge in [-0.1, -0.05) is 147 Å². The van der Waals surface area contributed by atoms with Crippen LogP contribution in [0.3, 0.4) is 0 Å². The molecule has 6 unspecified atom stereocenters. The van der Waals surface area contributed by atoms with E-state index < -0.39 is 49.4 Å². The Bertz CT molecular complexity index is 923. The molecule has 0 radical (unpaired) electrons. The number of ether oxygens (including phenoxy) is 4. The highest BCUT2D eigenvalue weighted by atomic mass is 16.7. The van der Waals surface area contributed by atoms with Crippen LogP contribution in [0.4, 0.5) is 0 Å². The minimum absolute atomic E-state index is 0.217. The molecule has 10 heteroatoms. The minimum atomic E-state index is -1.59. The predicted octanol–water partition coefficient (Wildman–Crippen LogP) is 8.55. The number of unbranched alkanes of at least 4 members (excludes halogenated alkanes) is 20. The van der Waals surface area contributed by atoms with Crippen LogP contribution < -0.4 is 0 Å². The zero-order valence-corrected chi connectivity index (χ0v) is 33.5. The first-order valence-corrected chi connectivity index (χ1v) is 21.4. The Kier molecular flexibility index (Phi) is 32.2. The molecule has 310 valence electrons. The van der Waals surface area contributed by atoms with Crippen molar-refractivity contribution < 1.29 is 49.0 Å². The monoisotopic (exact) mass is 755 g/mol. The van der Waals surface area contributed by atoms with Crippen LogP contribution in [0.25, 0.3) is 0 Å². The summed E-state index contributed by atoms with van der Waals surface area (Å²) in [6, 6.07) is 0. The Morgan fingerprint density at radius 1 is 0.585 bits per heavy atom. The summed E-state index contributed by atoms with van der Waals surface area (Å²) in [5.41, 5.74) is 0. The molecule has 0 spiro atoms. The minimum Gasteiger partial charge on any atom is -0.462 e. The van der Waals surface area contributed by atoms with Crippen molar-refractivity contribution >= 4 is 11.9 Å². The van der Waals surface area contributed by atoms with Gasteiger partial charge in [0.15, 0.2) is 12.4 Å². The molecular formula is C43H78O10. The van der Waals surface area contributed by atoms with Crippen molar-refractivity contribution in [1.82, 2.24) is 0 Å². The largest absolute Gasteiger partial charge is 0.462 e. The third-order valence-electron chi connectivity index (χ3n) is 9.84. The van der Waals surface area contributed by atoms with Crippen molar-refractivity contribution in [3.05, 3.63) is 24.3 Å². The van der Waals surface area contributed by atoms with Crippen LogP contribution in [0.2, 0.25) is 0 Å². The maximum Gasteiger partial charge on any atom is 0.306 e. The highest BCUT2D eigenvalue weighted by molar-refractivity contribution is 5.70. The standard InChI is InChI=1S/C43H78O10/c1-3-5-7-9-10-11-12-13-14-15-16-17-18-19-20-21-22-23-24-25-26-28-30-32-39(46)52-36(34-50-38(45)31-29-27-8-6-4-2)35-51-43-42(49)41(48)40(47)37(33-44)53-43/h12-13,15-16,36-37,40-44,47-49H,3-11,14,17-35H2,1-2H3/b13-12-,16-15-. The number of allylic oxidation sites excluding steroid dienone is 4. The second-order valence-electron chi connectivity index (χ2n) is 14.8. The molecule has 1 aliphatic rings. The Labute approximate surface area is 322 Å². The van der Waals surface area contributed by atoms with Crippen LogP contribution in [-0.2, 0) is 28.5 Å². The molecule has 0 amide bonds. The van der Waals surface area contributed by atoms with Crippen molar-refractivity contribution in [2.45, 2.75) is 218 Å². The summed E-state index contributed by atoms with van der Waals surface area (Å²) in [6.45, 7) is 3.31. The number of carbonyl (C=O) groups is 2. The van der Waals surface area contributed by atoms with Gasteiger partial charge >= 0.3 is 11.9 Å². The molecule has 1 rings (SSSR count). The fraction of sp³-hybridized carbons (Fsp3) is 0.860. The van der Waals surface area contributed by atoms with Crippen molar-refractivity contribution in [3.8, 4) is 0 Å². The van der Waals surface area contributed by atoms with Crippen molar-refractivity contribution in [1.29, 1.82) is 0 Å². The number of hydrogen-bond acceptors (Lipinski definition) is 10. The number of aliphatic hydroxyl groups excluding tert-OH is 4. The van der Waals surface area contributed by atoms with E-state index in [1.165, 1.54) is 89.9 Å². The lowest BCUT2D eigenvalue weighted by atomic mass is 9.99. The van der Waals surface area contributed by atoms with Gasteiger partial charge in [-0.25, -0.2) is 0 Å². The van der Waals surface area contributed by atoms with Crippen LogP contribution >= 0.6 is 0 Å². The fourth-order valence-electron chi connectivity index (χ4n) is 6.39. The van der Waals surface area contributed by atoms with E-state index >= 15 is 0 Å². The third kappa shape index (κ3) is 26.6. The van der Waals surface area contributed by atoms with Gasteiger partial charge in [0.2, 0.25) is 0 Å². The zero-order chi connectivity index (χ0) is 38.8. The normalized spacial score (nSPS) is 21.1. The molecule has 1 aliphatic heterocycles. The maximum absolute atomic E-state index is 12.7. The molecule has 0 saturated carbocycles. The molecule has 10 nitrogen and oxygen atoms in total. The van der Waals surface area contributed by atoms with Gasteiger partial charge in [-0.15, -0.1) is 0 Å². The quantitative estimate of drug-likeness (QED) is 0.0281. The van der Waals surface area contributed by atoms with Crippen LogP contribution in [0.5, 0.6) is 0 Å². The van der Waals surface area contributed by atoms with Crippen LogP contribution in [0, 0.1) is 0 Å². The lowest BCUT2D eigenvalue weighted by Gasteiger charge is -2.39. The summed E-state index contributed by atoms with van der Waals surface area (Å²) in [6.07, 6.45) is 29.6. The Morgan fingerprint density at radius 2 is 1.06 bits per heavy atom. The summed E-state index contributed by atoms with van der Waals surface area (Å²) >= 11 is 0. The average Bonchev–Trinajstić information content (AvgIpc) is 3.15. The predicted molar refractivity (Wildman–Crippen MR) is 210 cm³/mol. The van der Waals surface area contributed by atoms with Crippen molar-refractivity contribution in [2.75, 3.05) is 19.8 Å². The van der Waals surface area contributed by atoms with Gasteiger partial charge in [0, 0.05) is 12.8 Å². The van der Waals surface area contributed by atoms with E-state index in [1.54, 1.807) is 0 Å². The van der Waals surface area contributed by atoms with Gasteiger partial charge < -0.3 is 39.4 Å². The summed E-state index contributed by atoms with van der Waals surface area (Å²) in [7, 11) is 0. The second kappa shape index (κ2) is 34.7. The molecule has 4 N–H and O–H groups in total. The summed E-state index contributed by atoms with van der Waals surface area (Å²) < 4.78 is 22.0. The molecule has 1 heterocycles. The first-order valence-electron chi connectivity index (χ1n) is 21.4. The smallest absolute Gasteiger partial charge is 0.306 e. The number of hydrogen-bond donors (Lipinski definition) is 4. The van der Waals surface area contributed by atoms with Gasteiger partial charge in [-0.3, -0.25) is 9.59 Å². The molecular weight excluding hydrogens is 676 g/mol. The zero-order valence-electron chi connectivity index (χ0n) is 33.5. The summed E-state index contributed by atoms with van der Waals surface area (Å²) in [4.78, 5) is 25.0. The molecule has 0 aromatic carbocycles. The molecule has 0 aromatic rings. The van der Waals surface area contributed by atoms with E-state index in [2.05, 4.69) is 38.2 Å². The molecule has 0 bridgehead atoms. The molecule has 1 fully saturated rings. The van der Waals surface area contributed by atoms with E-state index in [0.717, 1.165) is 57.8 Å². The Balaban J connectivity index is 2.20. The number of esters is 2. The van der Waals surface area contributed by atoms with Crippen molar-refractivity contribution in [2.24, 2.45) is 0 Å².